The van der Waals surface area contributed by atoms with Gasteiger partial charge in [0.2, 0.25) is 0 Å². The van der Waals surface area contributed by atoms with Gasteiger partial charge in [-0.05, 0) is 48.1 Å². The van der Waals surface area contributed by atoms with Crippen LogP contribution in [0.2, 0.25) is 5.02 Å². The van der Waals surface area contributed by atoms with Gasteiger partial charge >= 0.3 is 0 Å². The molecule has 0 saturated heterocycles. The zero-order chi connectivity index (χ0) is 13.1. The van der Waals surface area contributed by atoms with Crippen LogP contribution in [0.4, 0.5) is 0 Å². The molecule has 0 bridgehead atoms. The second-order valence-corrected chi connectivity index (χ2v) is 5.60. The van der Waals surface area contributed by atoms with Crippen molar-refractivity contribution in [1.29, 1.82) is 0 Å². The Morgan fingerprint density at radius 1 is 1.16 bits per heavy atom. The van der Waals surface area contributed by atoms with Crippen molar-refractivity contribution in [2.75, 3.05) is 0 Å². The lowest BCUT2D eigenvalue weighted by molar-refractivity contribution is 0.289. The third-order valence-corrected chi connectivity index (χ3v) is 4.05. The van der Waals surface area contributed by atoms with E-state index in [9.17, 15) is 0 Å². The van der Waals surface area contributed by atoms with Crippen LogP contribution in [0.1, 0.15) is 29.9 Å². The Bertz CT molecular complexity index is 518. The number of pyridine rings is 1. The number of hydrogen-bond acceptors (Lipinski definition) is 2. The van der Waals surface area contributed by atoms with Crippen molar-refractivity contribution in [1.82, 2.24) is 10.3 Å². The Morgan fingerprint density at radius 2 is 1.95 bits per heavy atom. The first kappa shape index (κ1) is 12.6. The molecule has 0 spiro atoms. The minimum Gasteiger partial charge on any atom is -0.310 e. The van der Waals surface area contributed by atoms with E-state index < -0.39 is 0 Å². The molecule has 3 heteroatoms. The molecule has 0 atom stereocenters. The van der Waals surface area contributed by atoms with Gasteiger partial charge in [0, 0.05) is 30.0 Å². The maximum atomic E-state index is 5.91. The van der Waals surface area contributed by atoms with Crippen molar-refractivity contribution in [2.45, 2.75) is 31.3 Å². The third-order valence-electron chi connectivity index (χ3n) is 3.80. The van der Waals surface area contributed by atoms with Crippen LogP contribution in [-0.4, -0.2) is 11.0 Å². The molecule has 1 aromatic carbocycles. The summed E-state index contributed by atoms with van der Waals surface area (Å²) in [5.41, 5.74) is 2.65. The maximum Gasteiger partial charge on any atom is 0.0406 e. The molecule has 1 fully saturated rings. The van der Waals surface area contributed by atoms with E-state index in [2.05, 4.69) is 28.5 Å². The number of benzene rings is 1. The minimum absolute atomic E-state index is 0.626. The van der Waals surface area contributed by atoms with E-state index >= 15 is 0 Å². The zero-order valence-corrected chi connectivity index (χ0v) is 11.5. The van der Waals surface area contributed by atoms with Crippen LogP contribution in [0.3, 0.4) is 0 Å². The quantitative estimate of drug-likeness (QED) is 0.916. The summed E-state index contributed by atoms with van der Waals surface area (Å²) in [5, 5.41) is 4.39. The van der Waals surface area contributed by atoms with E-state index in [4.69, 9.17) is 11.6 Å². The molecular weight excluding hydrogens is 256 g/mol. The molecule has 0 aliphatic heterocycles. The predicted octanol–water partition coefficient (Wildman–Crippen LogP) is 3.77. The smallest absolute Gasteiger partial charge is 0.0406 e. The molecule has 1 aliphatic carbocycles. The topological polar surface area (TPSA) is 24.9 Å². The van der Waals surface area contributed by atoms with E-state index in [1.54, 1.807) is 0 Å². The normalized spacial score (nSPS) is 21.9. The van der Waals surface area contributed by atoms with Crippen LogP contribution < -0.4 is 5.32 Å². The van der Waals surface area contributed by atoms with E-state index in [-0.39, 0.29) is 0 Å². The average molecular weight is 273 g/mol. The summed E-state index contributed by atoms with van der Waals surface area (Å²) in [7, 11) is 0. The highest BCUT2D eigenvalue weighted by molar-refractivity contribution is 6.30. The van der Waals surface area contributed by atoms with Gasteiger partial charge in [0.25, 0.3) is 0 Å². The zero-order valence-electron chi connectivity index (χ0n) is 10.7. The molecule has 0 radical (unpaired) electrons. The summed E-state index contributed by atoms with van der Waals surface area (Å²) < 4.78 is 0. The Balaban J connectivity index is 1.47. The van der Waals surface area contributed by atoms with Crippen LogP contribution in [0.15, 0.2) is 48.8 Å². The Labute approximate surface area is 118 Å². The van der Waals surface area contributed by atoms with Crippen molar-refractivity contribution in [3.05, 3.63) is 64.9 Å². The average Bonchev–Trinajstić information content (AvgIpc) is 2.40. The number of aromatic nitrogens is 1. The lowest BCUT2D eigenvalue weighted by atomic mass is 9.76. The molecule has 1 heterocycles. The number of nitrogens with zero attached hydrogens (tertiary/aromatic N) is 1. The van der Waals surface area contributed by atoms with Gasteiger partial charge in [0.15, 0.2) is 0 Å². The first-order valence-electron chi connectivity index (χ1n) is 6.69. The maximum absolute atomic E-state index is 5.91. The first-order valence-corrected chi connectivity index (χ1v) is 7.07. The van der Waals surface area contributed by atoms with E-state index in [1.807, 2.05) is 30.6 Å². The van der Waals surface area contributed by atoms with Crippen molar-refractivity contribution in [3.8, 4) is 0 Å². The van der Waals surface area contributed by atoms with Crippen molar-refractivity contribution >= 4 is 11.6 Å². The number of hydrogen-bond donors (Lipinski definition) is 1. The van der Waals surface area contributed by atoms with E-state index in [0.717, 1.165) is 11.6 Å². The fourth-order valence-electron chi connectivity index (χ4n) is 2.56. The summed E-state index contributed by atoms with van der Waals surface area (Å²) >= 11 is 5.91. The van der Waals surface area contributed by atoms with Crippen LogP contribution in [0, 0.1) is 0 Å². The minimum atomic E-state index is 0.626. The number of rotatable bonds is 4. The molecule has 3 rings (SSSR count). The molecule has 2 aromatic rings. The lowest BCUT2D eigenvalue weighted by Crippen LogP contribution is -2.39. The highest BCUT2D eigenvalue weighted by atomic mass is 35.5. The van der Waals surface area contributed by atoms with Crippen LogP contribution in [0.5, 0.6) is 0 Å². The second kappa shape index (κ2) is 5.72. The van der Waals surface area contributed by atoms with E-state index in [0.29, 0.717) is 12.0 Å². The predicted molar refractivity (Wildman–Crippen MR) is 78.3 cm³/mol. The molecule has 19 heavy (non-hydrogen) atoms. The monoisotopic (exact) mass is 272 g/mol. The van der Waals surface area contributed by atoms with Crippen LogP contribution in [-0.2, 0) is 6.54 Å². The molecule has 1 N–H and O–H groups in total. The lowest BCUT2D eigenvalue weighted by Gasteiger charge is -2.36. The molecule has 98 valence electrons. The summed E-state index contributed by atoms with van der Waals surface area (Å²) in [4.78, 5) is 4.12. The van der Waals surface area contributed by atoms with E-state index in [1.165, 1.54) is 24.0 Å². The van der Waals surface area contributed by atoms with Crippen molar-refractivity contribution in [2.24, 2.45) is 0 Å². The molecule has 1 aromatic heterocycles. The molecule has 2 nitrogen and oxygen atoms in total. The Hall–Kier alpha value is -1.38. The van der Waals surface area contributed by atoms with Gasteiger partial charge in [-0.1, -0.05) is 29.8 Å². The van der Waals surface area contributed by atoms with Crippen LogP contribution in [0.25, 0.3) is 0 Å². The third kappa shape index (κ3) is 3.14. The van der Waals surface area contributed by atoms with Gasteiger partial charge in [0.05, 0.1) is 0 Å². The second-order valence-electron chi connectivity index (χ2n) is 5.16. The van der Waals surface area contributed by atoms with Gasteiger partial charge in [-0.25, -0.2) is 0 Å². The van der Waals surface area contributed by atoms with Gasteiger partial charge in [-0.15, -0.1) is 0 Å². The fourth-order valence-corrected chi connectivity index (χ4v) is 2.68. The Kier molecular flexibility index (Phi) is 3.81. The summed E-state index contributed by atoms with van der Waals surface area (Å²) in [6, 6.07) is 13.0. The Morgan fingerprint density at radius 3 is 2.63 bits per heavy atom. The highest BCUT2D eigenvalue weighted by Gasteiger charge is 2.29. The summed E-state index contributed by atoms with van der Waals surface area (Å²) in [5.74, 6) is 0.684. The SMILES string of the molecule is Clc1ccc(C2CC(NCc3cccnc3)C2)cc1. The fraction of sp³-hybridized carbons (Fsp3) is 0.312. The molecule has 0 amide bonds. The van der Waals surface area contributed by atoms with Crippen LogP contribution >= 0.6 is 11.6 Å². The molecule has 0 unspecified atom stereocenters. The standard InChI is InChI=1S/C16H17ClN2/c17-15-5-3-13(4-6-15)14-8-16(9-14)19-11-12-2-1-7-18-10-12/h1-7,10,14,16,19H,8-9,11H2. The van der Waals surface area contributed by atoms with Gasteiger partial charge in [0.1, 0.15) is 0 Å². The van der Waals surface area contributed by atoms with Crippen molar-refractivity contribution < 1.29 is 0 Å². The molecular formula is C16H17ClN2. The van der Waals surface area contributed by atoms with Gasteiger partial charge in [-0.2, -0.15) is 0 Å². The molecule has 1 saturated carbocycles. The highest BCUT2D eigenvalue weighted by Crippen LogP contribution is 2.37. The summed E-state index contributed by atoms with van der Waals surface area (Å²) in [6.07, 6.45) is 6.15. The van der Waals surface area contributed by atoms with Gasteiger partial charge < -0.3 is 5.32 Å². The van der Waals surface area contributed by atoms with Gasteiger partial charge in [-0.3, -0.25) is 4.98 Å². The molecule has 1 aliphatic rings. The first-order chi connectivity index (χ1) is 9.31. The number of halogens is 1. The number of nitrogens with one attached hydrogen (secondary N) is 1. The summed E-state index contributed by atoms with van der Waals surface area (Å²) in [6.45, 7) is 0.909. The largest absolute Gasteiger partial charge is 0.310 e. The van der Waals surface area contributed by atoms with Crippen molar-refractivity contribution in [3.63, 3.8) is 0 Å².